The van der Waals surface area contributed by atoms with Crippen LogP contribution >= 0.6 is 12.2 Å². The molecule has 1 aromatic rings. The first kappa shape index (κ1) is 15.8. The summed E-state index contributed by atoms with van der Waals surface area (Å²) in [6, 6.07) is 7.17. The second-order valence-corrected chi connectivity index (χ2v) is 5.90. The standard InChI is InChI=1S/C16H22N2O2S/c1-2-3-12-8-9-18(10-12)15(19)11-20-14-6-4-13(5-7-14)16(17)21/h4-7,12H,2-3,8-11H2,1H3,(H2,17,21). The van der Waals surface area contributed by atoms with E-state index in [1.54, 1.807) is 24.3 Å². The zero-order chi connectivity index (χ0) is 15.2. The molecule has 1 saturated heterocycles. The van der Waals surface area contributed by atoms with Crippen LogP contribution in [0, 0.1) is 5.92 Å². The number of thiocarbonyl (C=S) groups is 1. The van der Waals surface area contributed by atoms with E-state index in [-0.39, 0.29) is 12.5 Å². The number of hydrogen-bond donors (Lipinski definition) is 1. The Labute approximate surface area is 131 Å². The van der Waals surface area contributed by atoms with Crippen LogP contribution in [-0.4, -0.2) is 35.5 Å². The summed E-state index contributed by atoms with van der Waals surface area (Å²) in [7, 11) is 0. The second kappa shape index (κ2) is 7.41. The monoisotopic (exact) mass is 306 g/mol. The van der Waals surface area contributed by atoms with Gasteiger partial charge in [-0.05, 0) is 43.0 Å². The molecule has 4 nitrogen and oxygen atoms in total. The Kier molecular flexibility index (Phi) is 5.56. The highest BCUT2D eigenvalue weighted by Crippen LogP contribution is 2.21. The molecule has 21 heavy (non-hydrogen) atoms. The van der Waals surface area contributed by atoms with Crippen molar-refractivity contribution in [3.05, 3.63) is 29.8 Å². The quantitative estimate of drug-likeness (QED) is 0.820. The Balaban J connectivity index is 1.80. The summed E-state index contributed by atoms with van der Waals surface area (Å²) in [5.74, 6) is 1.38. The van der Waals surface area contributed by atoms with E-state index in [1.165, 1.54) is 12.8 Å². The van der Waals surface area contributed by atoms with E-state index in [2.05, 4.69) is 6.92 Å². The van der Waals surface area contributed by atoms with E-state index in [4.69, 9.17) is 22.7 Å². The summed E-state index contributed by atoms with van der Waals surface area (Å²) in [6.45, 7) is 4.00. The molecule has 1 aliphatic heterocycles. The molecule has 0 spiro atoms. The van der Waals surface area contributed by atoms with Crippen molar-refractivity contribution in [3.63, 3.8) is 0 Å². The van der Waals surface area contributed by atoms with Gasteiger partial charge in [-0.15, -0.1) is 0 Å². The van der Waals surface area contributed by atoms with Crippen molar-refractivity contribution in [1.29, 1.82) is 0 Å². The highest BCUT2D eigenvalue weighted by Gasteiger charge is 2.25. The maximum absolute atomic E-state index is 12.1. The molecule has 5 heteroatoms. The second-order valence-electron chi connectivity index (χ2n) is 5.46. The first-order valence-corrected chi connectivity index (χ1v) is 7.81. The molecule has 2 rings (SSSR count). The number of ether oxygens (including phenoxy) is 1. The van der Waals surface area contributed by atoms with Crippen molar-refractivity contribution >= 4 is 23.1 Å². The third-order valence-electron chi connectivity index (χ3n) is 3.84. The van der Waals surface area contributed by atoms with Crippen LogP contribution in [0.1, 0.15) is 31.7 Å². The van der Waals surface area contributed by atoms with Crippen LogP contribution in [0.5, 0.6) is 5.75 Å². The lowest BCUT2D eigenvalue weighted by Gasteiger charge is -2.17. The molecule has 0 aliphatic carbocycles. The van der Waals surface area contributed by atoms with Gasteiger partial charge in [-0.3, -0.25) is 4.79 Å². The zero-order valence-electron chi connectivity index (χ0n) is 12.4. The van der Waals surface area contributed by atoms with Gasteiger partial charge in [-0.2, -0.15) is 0 Å². The van der Waals surface area contributed by atoms with E-state index >= 15 is 0 Å². The van der Waals surface area contributed by atoms with Crippen molar-refractivity contribution in [1.82, 2.24) is 4.90 Å². The Morgan fingerprint density at radius 3 is 2.76 bits per heavy atom. The van der Waals surface area contributed by atoms with Gasteiger partial charge in [0, 0.05) is 18.7 Å². The predicted molar refractivity (Wildman–Crippen MR) is 87.4 cm³/mol. The van der Waals surface area contributed by atoms with Gasteiger partial charge in [-0.25, -0.2) is 0 Å². The molecule has 2 N–H and O–H groups in total. The molecular formula is C16H22N2O2S. The minimum atomic E-state index is 0.0621. The zero-order valence-corrected chi connectivity index (χ0v) is 13.2. The van der Waals surface area contributed by atoms with E-state index in [9.17, 15) is 4.79 Å². The smallest absolute Gasteiger partial charge is 0.260 e. The van der Waals surface area contributed by atoms with Gasteiger partial charge in [-0.1, -0.05) is 25.6 Å². The normalized spacial score (nSPS) is 17.8. The third kappa shape index (κ3) is 4.43. The summed E-state index contributed by atoms with van der Waals surface area (Å²) in [5.41, 5.74) is 6.33. The SMILES string of the molecule is CCCC1CCN(C(=O)COc2ccc(C(N)=S)cc2)C1. The number of nitrogens with two attached hydrogens (primary N) is 1. The summed E-state index contributed by atoms with van der Waals surface area (Å²) < 4.78 is 5.53. The van der Waals surface area contributed by atoms with Crippen LogP contribution in [0.4, 0.5) is 0 Å². The van der Waals surface area contributed by atoms with Gasteiger partial charge in [0.15, 0.2) is 6.61 Å². The molecule has 1 heterocycles. The van der Waals surface area contributed by atoms with Crippen LogP contribution in [0.15, 0.2) is 24.3 Å². The molecular weight excluding hydrogens is 284 g/mol. The van der Waals surface area contributed by atoms with Crippen molar-refractivity contribution in [3.8, 4) is 5.75 Å². The average molecular weight is 306 g/mol. The molecule has 1 fully saturated rings. The third-order valence-corrected chi connectivity index (χ3v) is 4.07. The van der Waals surface area contributed by atoms with Crippen LogP contribution in [0.25, 0.3) is 0 Å². The van der Waals surface area contributed by atoms with Gasteiger partial charge in [0.2, 0.25) is 0 Å². The Bertz CT molecular complexity index is 502. The van der Waals surface area contributed by atoms with Gasteiger partial charge in [0.25, 0.3) is 5.91 Å². The minimum absolute atomic E-state index is 0.0621. The van der Waals surface area contributed by atoms with Crippen LogP contribution in [-0.2, 0) is 4.79 Å². The van der Waals surface area contributed by atoms with Crippen LogP contribution in [0.2, 0.25) is 0 Å². The largest absolute Gasteiger partial charge is 0.484 e. The molecule has 114 valence electrons. The van der Waals surface area contributed by atoms with Gasteiger partial charge in [0.05, 0.1) is 0 Å². The van der Waals surface area contributed by atoms with E-state index in [0.717, 1.165) is 25.1 Å². The average Bonchev–Trinajstić information content (AvgIpc) is 2.94. The Hall–Kier alpha value is -1.62. The molecule has 0 radical (unpaired) electrons. The fourth-order valence-corrected chi connectivity index (χ4v) is 2.79. The maximum atomic E-state index is 12.1. The number of carbonyl (C=O) groups excluding carboxylic acids is 1. The minimum Gasteiger partial charge on any atom is -0.484 e. The number of nitrogens with zero attached hydrogens (tertiary/aromatic N) is 1. The van der Waals surface area contributed by atoms with E-state index in [1.807, 2.05) is 4.90 Å². The van der Waals surface area contributed by atoms with Crippen LogP contribution in [0.3, 0.4) is 0 Å². The molecule has 0 aromatic heterocycles. The predicted octanol–water partition coefficient (Wildman–Crippen LogP) is 2.35. The summed E-state index contributed by atoms with van der Waals surface area (Å²) in [6.07, 6.45) is 3.49. The number of hydrogen-bond acceptors (Lipinski definition) is 3. The molecule has 0 bridgehead atoms. The number of amides is 1. The fourth-order valence-electron chi connectivity index (χ4n) is 2.65. The molecule has 0 saturated carbocycles. The van der Waals surface area contributed by atoms with Gasteiger partial charge >= 0.3 is 0 Å². The number of carbonyl (C=O) groups is 1. The lowest BCUT2D eigenvalue weighted by molar-refractivity contribution is -0.132. The fraction of sp³-hybridized carbons (Fsp3) is 0.500. The van der Waals surface area contributed by atoms with Gasteiger partial charge in [0.1, 0.15) is 10.7 Å². The van der Waals surface area contributed by atoms with Crippen molar-refractivity contribution < 1.29 is 9.53 Å². The molecule has 1 amide bonds. The van der Waals surface area contributed by atoms with Crippen LogP contribution < -0.4 is 10.5 Å². The topological polar surface area (TPSA) is 55.6 Å². The Morgan fingerprint density at radius 2 is 2.14 bits per heavy atom. The van der Waals surface area contributed by atoms with Crippen molar-refractivity contribution in [2.24, 2.45) is 11.7 Å². The molecule has 1 atom stereocenters. The maximum Gasteiger partial charge on any atom is 0.260 e. The highest BCUT2D eigenvalue weighted by atomic mass is 32.1. The van der Waals surface area contributed by atoms with Crippen molar-refractivity contribution in [2.75, 3.05) is 19.7 Å². The van der Waals surface area contributed by atoms with Gasteiger partial charge < -0.3 is 15.4 Å². The number of benzene rings is 1. The first-order valence-electron chi connectivity index (χ1n) is 7.40. The molecule has 1 aliphatic rings. The summed E-state index contributed by atoms with van der Waals surface area (Å²) >= 11 is 4.89. The summed E-state index contributed by atoms with van der Waals surface area (Å²) in [5, 5.41) is 0. The van der Waals surface area contributed by atoms with Crippen molar-refractivity contribution in [2.45, 2.75) is 26.2 Å². The number of rotatable bonds is 6. The lowest BCUT2D eigenvalue weighted by atomic mass is 10.0. The highest BCUT2D eigenvalue weighted by molar-refractivity contribution is 7.80. The molecule has 1 unspecified atom stereocenters. The Morgan fingerprint density at radius 1 is 1.43 bits per heavy atom. The lowest BCUT2D eigenvalue weighted by Crippen LogP contribution is -2.33. The van der Waals surface area contributed by atoms with E-state index < -0.39 is 0 Å². The summed E-state index contributed by atoms with van der Waals surface area (Å²) in [4.78, 5) is 14.4. The van der Waals surface area contributed by atoms with E-state index in [0.29, 0.717) is 16.7 Å². The molecule has 1 aromatic carbocycles. The first-order chi connectivity index (χ1) is 10.1. The number of likely N-dealkylation sites (tertiary alicyclic amines) is 1.